The molecule has 0 spiro atoms. The molecular formula is C14H15FN4O2S. The average molecular weight is 322 g/mol. The summed E-state index contributed by atoms with van der Waals surface area (Å²) < 4.78 is 18.3. The molecule has 2 aromatic rings. The summed E-state index contributed by atoms with van der Waals surface area (Å²) in [5.41, 5.74) is 0.557. The zero-order valence-corrected chi connectivity index (χ0v) is 12.5. The molecule has 1 unspecified atom stereocenters. The summed E-state index contributed by atoms with van der Waals surface area (Å²) in [5, 5.41) is 10.1. The normalized spacial score (nSPS) is 17.6. The molecule has 1 amide bonds. The van der Waals surface area contributed by atoms with E-state index in [4.69, 9.17) is 4.74 Å². The fourth-order valence-corrected chi connectivity index (χ4v) is 2.73. The van der Waals surface area contributed by atoms with Crippen LogP contribution in [-0.2, 0) is 9.53 Å². The summed E-state index contributed by atoms with van der Waals surface area (Å²) in [6.07, 6.45) is 1.94. The van der Waals surface area contributed by atoms with Crippen molar-refractivity contribution >= 4 is 23.4 Å². The molecule has 22 heavy (non-hydrogen) atoms. The largest absolute Gasteiger partial charge is 0.370 e. The van der Waals surface area contributed by atoms with Crippen molar-refractivity contribution in [1.29, 1.82) is 0 Å². The van der Waals surface area contributed by atoms with Gasteiger partial charge in [0.2, 0.25) is 11.1 Å². The predicted octanol–water partition coefficient (Wildman–Crippen LogP) is 2.53. The molecule has 0 bridgehead atoms. The van der Waals surface area contributed by atoms with E-state index in [1.54, 1.807) is 0 Å². The van der Waals surface area contributed by atoms with Crippen molar-refractivity contribution in [2.45, 2.75) is 24.1 Å². The highest BCUT2D eigenvalue weighted by molar-refractivity contribution is 7.99. The molecule has 116 valence electrons. The van der Waals surface area contributed by atoms with Crippen molar-refractivity contribution in [3.63, 3.8) is 0 Å². The summed E-state index contributed by atoms with van der Waals surface area (Å²) >= 11 is 1.24. The highest BCUT2D eigenvalue weighted by atomic mass is 32.2. The van der Waals surface area contributed by atoms with Crippen molar-refractivity contribution in [1.82, 2.24) is 15.2 Å². The monoisotopic (exact) mass is 322 g/mol. The Labute approximate surface area is 130 Å². The van der Waals surface area contributed by atoms with E-state index in [-0.39, 0.29) is 23.6 Å². The number of hydrogen-bond donors (Lipinski definition) is 2. The van der Waals surface area contributed by atoms with Crippen LogP contribution in [-0.4, -0.2) is 33.4 Å². The molecule has 1 fully saturated rings. The first kappa shape index (κ1) is 15.0. The third-order valence-electron chi connectivity index (χ3n) is 3.18. The minimum Gasteiger partial charge on any atom is -0.370 e. The quantitative estimate of drug-likeness (QED) is 0.827. The van der Waals surface area contributed by atoms with Crippen molar-refractivity contribution in [2.75, 3.05) is 17.7 Å². The van der Waals surface area contributed by atoms with Gasteiger partial charge >= 0.3 is 0 Å². The highest BCUT2D eigenvalue weighted by Gasteiger charge is 2.21. The van der Waals surface area contributed by atoms with Crippen molar-refractivity contribution in [3.8, 4) is 0 Å². The number of nitrogens with one attached hydrogen (secondary N) is 2. The molecule has 1 atom stereocenters. The van der Waals surface area contributed by atoms with Gasteiger partial charge in [0.05, 0.1) is 5.75 Å². The van der Waals surface area contributed by atoms with E-state index in [1.807, 2.05) is 0 Å². The lowest BCUT2D eigenvalue weighted by atomic mass is 10.2. The minimum atomic E-state index is -0.338. The van der Waals surface area contributed by atoms with Crippen LogP contribution in [0, 0.1) is 5.82 Å². The number of benzene rings is 1. The maximum Gasteiger partial charge on any atom is 0.234 e. The number of aromatic amines is 1. The number of amides is 1. The summed E-state index contributed by atoms with van der Waals surface area (Å²) in [4.78, 5) is 16.1. The number of anilines is 1. The lowest BCUT2D eigenvalue weighted by Crippen LogP contribution is -2.14. The van der Waals surface area contributed by atoms with Gasteiger partial charge in [0, 0.05) is 12.3 Å². The molecule has 1 aliphatic rings. The van der Waals surface area contributed by atoms with Gasteiger partial charge in [0.1, 0.15) is 11.9 Å². The van der Waals surface area contributed by atoms with Crippen LogP contribution < -0.4 is 5.32 Å². The second kappa shape index (κ2) is 6.89. The van der Waals surface area contributed by atoms with Gasteiger partial charge in [0.15, 0.2) is 5.82 Å². The molecule has 2 N–H and O–H groups in total. The predicted molar refractivity (Wildman–Crippen MR) is 80.1 cm³/mol. The Morgan fingerprint density at radius 1 is 1.45 bits per heavy atom. The first-order valence-electron chi connectivity index (χ1n) is 6.93. The number of ether oxygens (including phenoxy) is 1. The van der Waals surface area contributed by atoms with Gasteiger partial charge in [-0.15, -0.1) is 5.10 Å². The Balaban J connectivity index is 1.49. The van der Waals surface area contributed by atoms with Gasteiger partial charge in [-0.05, 0) is 37.1 Å². The summed E-state index contributed by atoms with van der Waals surface area (Å²) in [7, 11) is 0. The lowest BCUT2D eigenvalue weighted by molar-refractivity contribution is -0.113. The van der Waals surface area contributed by atoms with Gasteiger partial charge < -0.3 is 10.1 Å². The van der Waals surface area contributed by atoms with Gasteiger partial charge in [0.25, 0.3) is 0 Å². The van der Waals surface area contributed by atoms with Crippen LogP contribution in [0.1, 0.15) is 24.8 Å². The first-order valence-corrected chi connectivity index (χ1v) is 7.91. The maximum absolute atomic E-state index is 12.8. The molecule has 1 aliphatic heterocycles. The van der Waals surface area contributed by atoms with E-state index in [2.05, 4.69) is 20.5 Å². The van der Waals surface area contributed by atoms with Crippen molar-refractivity contribution < 1.29 is 13.9 Å². The summed E-state index contributed by atoms with van der Waals surface area (Å²) in [6, 6.07) is 5.62. The number of thioether (sulfide) groups is 1. The Kier molecular flexibility index (Phi) is 4.69. The standard InChI is InChI=1S/C14H15FN4O2S/c15-9-3-5-10(6-4-9)16-12(20)8-22-14-17-13(18-19-14)11-2-1-7-21-11/h3-6,11H,1-2,7-8H2,(H,16,20)(H,17,18,19). The Morgan fingerprint density at radius 3 is 3.00 bits per heavy atom. The Morgan fingerprint density at radius 2 is 2.27 bits per heavy atom. The Hall–Kier alpha value is -1.93. The van der Waals surface area contributed by atoms with Crippen LogP contribution in [0.3, 0.4) is 0 Å². The number of halogens is 1. The van der Waals surface area contributed by atoms with Gasteiger partial charge in [-0.3, -0.25) is 9.89 Å². The second-order valence-electron chi connectivity index (χ2n) is 4.85. The van der Waals surface area contributed by atoms with E-state index >= 15 is 0 Å². The topological polar surface area (TPSA) is 79.9 Å². The number of carbonyl (C=O) groups excluding carboxylic acids is 1. The van der Waals surface area contributed by atoms with Crippen LogP contribution in [0.4, 0.5) is 10.1 Å². The minimum absolute atomic E-state index is 0.0186. The smallest absolute Gasteiger partial charge is 0.234 e. The van der Waals surface area contributed by atoms with Crippen LogP contribution in [0.25, 0.3) is 0 Å². The summed E-state index contributed by atoms with van der Waals surface area (Å²) in [6.45, 7) is 0.744. The molecule has 0 radical (unpaired) electrons. The van der Waals surface area contributed by atoms with Crippen molar-refractivity contribution in [3.05, 3.63) is 35.9 Å². The highest BCUT2D eigenvalue weighted by Crippen LogP contribution is 2.26. The van der Waals surface area contributed by atoms with E-state index in [1.165, 1.54) is 36.0 Å². The van der Waals surface area contributed by atoms with Gasteiger partial charge in [-0.1, -0.05) is 11.8 Å². The molecule has 1 saturated heterocycles. The molecule has 1 aromatic carbocycles. The number of carbonyl (C=O) groups is 1. The van der Waals surface area contributed by atoms with Crippen LogP contribution in [0.2, 0.25) is 0 Å². The lowest BCUT2D eigenvalue weighted by Gasteiger charge is -2.04. The SMILES string of the molecule is O=C(CSc1n[nH]c(C2CCCO2)n1)Nc1ccc(F)cc1. The third kappa shape index (κ3) is 3.83. The molecule has 6 nitrogen and oxygen atoms in total. The Bertz CT molecular complexity index is 641. The molecule has 1 aromatic heterocycles. The number of H-pyrrole nitrogens is 1. The van der Waals surface area contributed by atoms with Crippen LogP contribution in [0.5, 0.6) is 0 Å². The number of rotatable bonds is 5. The number of hydrogen-bond acceptors (Lipinski definition) is 5. The molecular weight excluding hydrogens is 307 g/mol. The van der Waals surface area contributed by atoms with E-state index in [0.29, 0.717) is 16.7 Å². The fourth-order valence-electron chi connectivity index (χ4n) is 2.12. The third-order valence-corrected chi connectivity index (χ3v) is 4.02. The first-order chi connectivity index (χ1) is 10.7. The number of aromatic nitrogens is 3. The second-order valence-corrected chi connectivity index (χ2v) is 5.79. The zero-order chi connectivity index (χ0) is 15.4. The molecule has 0 aliphatic carbocycles. The average Bonchev–Trinajstić information content (AvgIpc) is 3.18. The molecule has 2 heterocycles. The fraction of sp³-hybridized carbons (Fsp3) is 0.357. The van der Waals surface area contributed by atoms with Crippen LogP contribution >= 0.6 is 11.8 Å². The van der Waals surface area contributed by atoms with E-state index < -0.39 is 0 Å². The maximum atomic E-state index is 12.8. The van der Waals surface area contributed by atoms with Gasteiger partial charge in [-0.2, -0.15) is 0 Å². The molecule has 8 heteroatoms. The van der Waals surface area contributed by atoms with E-state index in [9.17, 15) is 9.18 Å². The van der Waals surface area contributed by atoms with E-state index in [0.717, 1.165) is 19.4 Å². The summed E-state index contributed by atoms with van der Waals surface area (Å²) in [5.74, 6) is 0.356. The molecule has 3 rings (SSSR count). The van der Waals surface area contributed by atoms with Crippen molar-refractivity contribution in [2.24, 2.45) is 0 Å². The number of nitrogens with zero attached hydrogens (tertiary/aromatic N) is 2. The molecule has 0 saturated carbocycles. The van der Waals surface area contributed by atoms with Crippen LogP contribution in [0.15, 0.2) is 29.4 Å². The zero-order valence-electron chi connectivity index (χ0n) is 11.7. The van der Waals surface area contributed by atoms with Gasteiger partial charge in [-0.25, -0.2) is 9.37 Å².